The molecular weight excluding hydrogens is 548 g/mol. The summed E-state index contributed by atoms with van der Waals surface area (Å²) in [7, 11) is 0. The maximum absolute atomic E-state index is 12.1. The lowest BCUT2D eigenvalue weighted by Crippen LogP contribution is -2.28. The summed E-state index contributed by atoms with van der Waals surface area (Å²) < 4.78 is 10.5. The molecule has 1 N–H and O–H groups in total. The molecule has 5 nitrogen and oxygen atoms in total. The Morgan fingerprint density at radius 2 is 0.909 bits per heavy atom. The monoisotopic (exact) mass is 614 g/mol. The molecule has 252 valence electrons. The zero-order valence-electron chi connectivity index (χ0n) is 28.4. The molecule has 0 aromatic heterocycles. The number of hydrogen-bond acceptors (Lipinski definition) is 5. The molecule has 0 unspecified atom stereocenters. The number of esters is 2. The Bertz CT molecular complexity index is 792. The minimum absolute atomic E-state index is 0.0938. The standard InChI is InChI=1S/C39H66O5/c1-3-5-7-9-11-13-15-17-19-21-23-25-27-29-31-33-38(41)43-36-37(35-40)44-39(42)34-32-30-28-26-24-22-20-18-16-14-12-10-8-6-4-2/h11-14,17-20,23,25,37,40H,3-10,15-16,21-22,24,26-36H2,1-2H3/t37-/m0/s1. The normalized spacial score (nSPS) is 12.9. The third kappa shape index (κ3) is 32.5. The van der Waals surface area contributed by atoms with E-state index in [9.17, 15) is 14.7 Å². The molecule has 5 heteroatoms. The van der Waals surface area contributed by atoms with Gasteiger partial charge in [-0.3, -0.25) is 9.59 Å². The van der Waals surface area contributed by atoms with Crippen molar-refractivity contribution >= 4 is 11.9 Å². The fraction of sp³-hybridized carbons (Fsp3) is 0.692. The minimum Gasteiger partial charge on any atom is -0.462 e. The first kappa shape index (κ1) is 41.6. The number of hydrogen-bond donors (Lipinski definition) is 1. The van der Waals surface area contributed by atoms with E-state index in [-0.39, 0.29) is 25.2 Å². The molecule has 0 saturated heterocycles. The van der Waals surface area contributed by atoms with Gasteiger partial charge >= 0.3 is 11.9 Å². The van der Waals surface area contributed by atoms with Crippen molar-refractivity contribution < 1.29 is 24.2 Å². The quantitative estimate of drug-likeness (QED) is 0.0478. The van der Waals surface area contributed by atoms with Gasteiger partial charge in [0.05, 0.1) is 6.61 Å². The van der Waals surface area contributed by atoms with Crippen LogP contribution in [-0.4, -0.2) is 36.4 Å². The van der Waals surface area contributed by atoms with Crippen LogP contribution in [0.1, 0.15) is 155 Å². The van der Waals surface area contributed by atoms with Crippen molar-refractivity contribution in [1.82, 2.24) is 0 Å². The Hall–Kier alpha value is -2.40. The summed E-state index contributed by atoms with van der Waals surface area (Å²) >= 11 is 0. The van der Waals surface area contributed by atoms with Crippen LogP contribution in [0.2, 0.25) is 0 Å². The number of unbranched alkanes of at least 4 members (excludes halogenated alkanes) is 13. The van der Waals surface area contributed by atoms with Gasteiger partial charge in [0.15, 0.2) is 6.10 Å². The summed E-state index contributed by atoms with van der Waals surface area (Å²) in [5.74, 6) is -0.658. The molecule has 0 spiro atoms. The van der Waals surface area contributed by atoms with E-state index in [4.69, 9.17) is 9.47 Å². The van der Waals surface area contributed by atoms with Crippen molar-refractivity contribution in [3.63, 3.8) is 0 Å². The van der Waals surface area contributed by atoms with E-state index in [1.165, 1.54) is 57.8 Å². The number of allylic oxidation sites excluding steroid dienone is 10. The molecule has 0 saturated carbocycles. The van der Waals surface area contributed by atoms with Crippen molar-refractivity contribution in [1.29, 1.82) is 0 Å². The third-order valence-electron chi connectivity index (χ3n) is 7.28. The maximum atomic E-state index is 12.1. The molecule has 0 bridgehead atoms. The van der Waals surface area contributed by atoms with Gasteiger partial charge in [0.2, 0.25) is 0 Å². The topological polar surface area (TPSA) is 72.8 Å². The van der Waals surface area contributed by atoms with Crippen molar-refractivity contribution in [3.8, 4) is 0 Å². The Labute approximate surface area is 271 Å². The summed E-state index contributed by atoms with van der Waals surface area (Å²) in [5, 5.41) is 9.52. The second-order valence-corrected chi connectivity index (χ2v) is 11.6. The average Bonchev–Trinajstić information content (AvgIpc) is 3.02. The Morgan fingerprint density at radius 1 is 0.523 bits per heavy atom. The summed E-state index contributed by atoms with van der Waals surface area (Å²) in [4.78, 5) is 24.1. The fourth-order valence-electron chi connectivity index (χ4n) is 4.53. The molecule has 0 heterocycles. The van der Waals surface area contributed by atoms with Crippen LogP contribution in [0.25, 0.3) is 0 Å². The van der Waals surface area contributed by atoms with Crippen LogP contribution in [0.3, 0.4) is 0 Å². The number of aliphatic hydroxyl groups excluding tert-OH is 1. The van der Waals surface area contributed by atoms with Crippen LogP contribution in [0.15, 0.2) is 60.8 Å². The van der Waals surface area contributed by atoms with E-state index in [1.54, 1.807) is 0 Å². The van der Waals surface area contributed by atoms with Crippen LogP contribution in [0.4, 0.5) is 0 Å². The second kappa shape index (κ2) is 35.1. The molecule has 1 atom stereocenters. The molecule has 44 heavy (non-hydrogen) atoms. The molecule has 0 rings (SSSR count). The zero-order valence-corrected chi connectivity index (χ0v) is 28.4. The number of rotatable bonds is 31. The highest BCUT2D eigenvalue weighted by molar-refractivity contribution is 5.70. The van der Waals surface area contributed by atoms with Gasteiger partial charge in [-0.15, -0.1) is 0 Å². The van der Waals surface area contributed by atoms with Crippen molar-refractivity contribution in [2.75, 3.05) is 13.2 Å². The highest BCUT2D eigenvalue weighted by atomic mass is 16.6. The number of carbonyl (C=O) groups is 2. The molecule has 0 aliphatic rings. The lowest BCUT2D eigenvalue weighted by Gasteiger charge is -2.15. The summed E-state index contributed by atoms with van der Waals surface area (Å²) in [6.45, 7) is 4.01. The van der Waals surface area contributed by atoms with Crippen molar-refractivity contribution in [2.24, 2.45) is 0 Å². The first-order chi connectivity index (χ1) is 21.6. The molecule has 0 amide bonds. The molecule has 0 aromatic carbocycles. The van der Waals surface area contributed by atoms with Gasteiger partial charge in [0, 0.05) is 12.8 Å². The van der Waals surface area contributed by atoms with Crippen molar-refractivity contribution in [3.05, 3.63) is 60.8 Å². The van der Waals surface area contributed by atoms with E-state index < -0.39 is 6.10 Å². The Balaban J connectivity index is 3.70. The summed E-state index contributed by atoms with van der Waals surface area (Å²) in [6.07, 6.45) is 44.1. The second-order valence-electron chi connectivity index (χ2n) is 11.6. The highest BCUT2D eigenvalue weighted by Gasteiger charge is 2.16. The lowest BCUT2D eigenvalue weighted by molar-refractivity contribution is -0.161. The molecule has 0 fully saturated rings. The van der Waals surface area contributed by atoms with Gasteiger partial charge in [-0.2, -0.15) is 0 Å². The summed E-state index contributed by atoms with van der Waals surface area (Å²) in [5.41, 5.74) is 0. The van der Waals surface area contributed by atoms with E-state index >= 15 is 0 Å². The Morgan fingerprint density at radius 3 is 1.41 bits per heavy atom. The summed E-state index contributed by atoms with van der Waals surface area (Å²) in [6, 6.07) is 0. The molecular formula is C39H66O5. The fourth-order valence-corrected chi connectivity index (χ4v) is 4.53. The highest BCUT2D eigenvalue weighted by Crippen LogP contribution is 2.10. The first-order valence-electron chi connectivity index (χ1n) is 17.8. The van der Waals surface area contributed by atoms with Crippen molar-refractivity contribution in [2.45, 2.75) is 161 Å². The average molecular weight is 615 g/mol. The number of ether oxygens (including phenoxy) is 2. The van der Waals surface area contributed by atoms with Gasteiger partial charge in [0.1, 0.15) is 6.61 Å². The molecule has 0 radical (unpaired) electrons. The predicted molar refractivity (Wildman–Crippen MR) is 187 cm³/mol. The number of carbonyl (C=O) groups excluding carboxylic acids is 2. The molecule has 0 aliphatic heterocycles. The lowest BCUT2D eigenvalue weighted by atomic mass is 10.1. The van der Waals surface area contributed by atoms with Gasteiger partial charge in [0.25, 0.3) is 0 Å². The van der Waals surface area contributed by atoms with Gasteiger partial charge in [-0.1, -0.05) is 120 Å². The zero-order chi connectivity index (χ0) is 32.2. The molecule has 0 aliphatic carbocycles. The molecule has 0 aromatic rings. The van der Waals surface area contributed by atoms with E-state index in [0.29, 0.717) is 12.8 Å². The third-order valence-corrected chi connectivity index (χ3v) is 7.28. The van der Waals surface area contributed by atoms with E-state index in [0.717, 1.165) is 70.6 Å². The largest absolute Gasteiger partial charge is 0.462 e. The number of aliphatic hydroxyl groups is 1. The van der Waals surface area contributed by atoms with Gasteiger partial charge < -0.3 is 14.6 Å². The van der Waals surface area contributed by atoms with Crippen LogP contribution >= 0.6 is 0 Å². The van der Waals surface area contributed by atoms with Crippen LogP contribution in [0.5, 0.6) is 0 Å². The van der Waals surface area contributed by atoms with E-state index in [2.05, 4.69) is 74.6 Å². The predicted octanol–water partition coefficient (Wildman–Crippen LogP) is 10.8. The van der Waals surface area contributed by atoms with Crippen LogP contribution < -0.4 is 0 Å². The smallest absolute Gasteiger partial charge is 0.306 e. The SMILES string of the molecule is CCCCCC=CCC=CCC=CCCCCC(=O)OC[C@H](CO)OC(=O)CCCCCCCC=CCC=CCCCCC. The van der Waals surface area contributed by atoms with Crippen LogP contribution in [0, 0.1) is 0 Å². The minimum atomic E-state index is -0.794. The maximum Gasteiger partial charge on any atom is 0.306 e. The Kier molecular flexibility index (Phi) is 33.2. The first-order valence-corrected chi connectivity index (χ1v) is 17.8. The van der Waals surface area contributed by atoms with Gasteiger partial charge in [-0.05, 0) is 83.5 Å². The van der Waals surface area contributed by atoms with Crippen LogP contribution in [-0.2, 0) is 19.1 Å². The van der Waals surface area contributed by atoms with E-state index in [1.807, 2.05) is 0 Å². The van der Waals surface area contributed by atoms with Gasteiger partial charge in [-0.25, -0.2) is 0 Å².